The molecule has 0 spiro atoms. The Bertz CT molecular complexity index is 169. The summed E-state index contributed by atoms with van der Waals surface area (Å²) < 4.78 is 21.0. The molecule has 0 rings (SSSR count). The number of hydrogen-bond donors (Lipinski definition) is 2. The Morgan fingerprint density at radius 3 is 1.58 bits per heavy atom. The second-order valence-corrected chi connectivity index (χ2v) is 4.28. The van der Waals surface area contributed by atoms with Crippen molar-refractivity contribution in [3.8, 4) is 0 Å². The first kappa shape index (κ1) is 18.8. The molecule has 0 unspecified atom stereocenters. The minimum absolute atomic E-state index is 0.0514. The van der Waals surface area contributed by atoms with E-state index < -0.39 is 0 Å². The van der Waals surface area contributed by atoms with Crippen LogP contribution in [0.25, 0.3) is 0 Å². The molecule has 0 aliphatic heterocycles. The molecule has 0 bridgehead atoms. The van der Waals surface area contributed by atoms with E-state index in [2.05, 4.69) is 19.2 Å². The molecule has 2 N–H and O–H groups in total. The zero-order valence-electron chi connectivity index (χ0n) is 12.2. The average Bonchev–Trinajstić information content (AvgIpc) is 2.39. The average molecular weight is 279 g/mol. The molecule has 116 valence electrons. The van der Waals surface area contributed by atoms with Crippen molar-refractivity contribution in [2.45, 2.75) is 19.9 Å². The Morgan fingerprint density at radius 2 is 1.16 bits per heavy atom. The lowest BCUT2D eigenvalue weighted by molar-refractivity contribution is -0.00526. The zero-order valence-corrected chi connectivity index (χ0v) is 12.2. The van der Waals surface area contributed by atoms with Crippen LogP contribution < -0.4 is 5.32 Å². The second-order valence-electron chi connectivity index (χ2n) is 4.28. The highest BCUT2D eigenvalue weighted by Crippen LogP contribution is 1.83. The number of aliphatic hydroxyl groups excluding tert-OH is 1. The summed E-state index contributed by atoms with van der Waals surface area (Å²) in [6.07, 6.45) is 0. The molecule has 0 fully saturated rings. The summed E-state index contributed by atoms with van der Waals surface area (Å²) in [4.78, 5) is 0. The topological polar surface area (TPSA) is 69.2 Å². The van der Waals surface area contributed by atoms with Crippen LogP contribution in [0, 0.1) is 0 Å². The van der Waals surface area contributed by atoms with Crippen LogP contribution in [0.5, 0.6) is 0 Å². The van der Waals surface area contributed by atoms with Gasteiger partial charge in [0.25, 0.3) is 0 Å². The highest BCUT2D eigenvalue weighted by Gasteiger charge is 1.93. The molecular weight excluding hydrogens is 250 g/mol. The van der Waals surface area contributed by atoms with Gasteiger partial charge in [-0.1, -0.05) is 13.8 Å². The van der Waals surface area contributed by atoms with Gasteiger partial charge >= 0.3 is 0 Å². The van der Waals surface area contributed by atoms with Gasteiger partial charge in [0.05, 0.1) is 59.5 Å². The van der Waals surface area contributed by atoms with E-state index in [9.17, 15) is 0 Å². The third kappa shape index (κ3) is 17.8. The summed E-state index contributed by atoms with van der Waals surface area (Å²) in [5, 5.41) is 11.7. The molecule has 6 nitrogen and oxygen atoms in total. The van der Waals surface area contributed by atoms with Crippen LogP contribution in [0.4, 0.5) is 0 Å². The lowest BCUT2D eigenvalue weighted by Crippen LogP contribution is -2.27. The molecule has 19 heavy (non-hydrogen) atoms. The summed E-state index contributed by atoms with van der Waals surface area (Å²) in [5.74, 6) is 0. The largest absolute Gasteiger partial charge is 0.394 e. The van der Waals surface area contributed by atoms with Gasteiger partial charge in [0.2, 0.25) is 0 Å². The Balaban J connectivity index is 2.91. The molecule has 0 aliphatic rings. The minimum Gasteiger partial charge on any atom is -0.394 e. The summed E-state index contributed by atoms with van der Waals surface area (Å²) in [5.41, 5.74) is 0. The fourth-order valence-electron chi connectivity index (χ4n) is 1.25. The Labute approximate surface area is 116 Å². The third-order valence-corrected chi connectivity index (χ3v) is 2.15. The molecule has 0 aliphatic carbocycles. The molecule has 0 heterocycles. The van der Waals surface area contributed by atoms with E-state index in [1.54, 1.807) is 0 Å². The van der Waals surface area contributed by atoms with Crippen molar-refractivity contribution in [1.82, 2.24) is 5.32 Å². The van der Waals surface area contributed by atoms with Gasteiger partial charge in [-0.3, -0.25) is 0 Å². The zero-order chi connectivity index (χ0) is 14.2. The maximum Gasteiger partial charge on any atom is 0.0701 e. The molecular formula is C13H29NO5. The number of aliphatic hydroxyl groups is 1. The summed E-state index contributed by atoms with van der Waals surface area (Å²) in [7, 11) is 0. The van der Waals surface area contributed by atoms with Crippen LogP contribution in [-0.4, -0.2) is 77.2 Å². The molecule has 0 aromatic rings. The van der Waals surface area contributed by atoms with Crippen molar-refractivity contribution >= 4 is 0 Å². The lowest BCUT2D eigenvalue weighted by Gasteiger charge is -2.09. The summed E-state index contributed by atoms with van der Waals surface area (Å²) in [6.45, 7) is 9.56. The van der Waals surface area contributed by atoms with Crippen LogP contribution in [0.1, 0.15) is 13.8 Å². The van der Waals surface area contributed by atoms with E-state index in [1.807, 2.05) is 0 Å². The van der Waals surface area contributed by atoms with Gasteiger partial charge in [-0.15, -0.1) is 0 Å². The minimum atomic E-state index is 0.0514. The number of nitrogens with one attached hydrogen (secondary N) is 1. The van der Waals surface area contributed by atoms with E-state index in [0.29, 0.717) is 58.9 Å². The molecule has 0 saturated heterocycles. The van der Waals surface area contributed by atoms with Crippen molar-refractivity contribution in [2.75, 3.05) is 66.0 Å². The monoisotopic (exact) mass is 279 g/mol. The Hall–Kier alpha value is -0.240. The van der Waals surface area contributed by atoms with E-state index in [0.717, 1.165) is 6.54 Å². The molecule has 6 heteroatoms. The first-order valence-electron chi connectivity index (χ1n) is 6.92. The lowest BCUT2D eigenvalue weighted by atomic mass is 10.4. The number of ether oxygens (including phenoxy) is 4. The van der Waals surface area contributed by atoms with Crippen LogP contribution >= 0.6 is 0 Å². The standard InChI is InChI=1S/C13H29NO5/c1-13(2)14-3-5-16-7-9-18-11-12-19-10-8-17-6-4-15/h13-15H,3-12H2,1-2H3. The van der Waals surface area contributed by atoms with Crippen molar-refractivity contribution in [1.29, 1.82) is 0 Å². The predicted molar refractivity (Wildman–Crippen MR) is 73.5 cm³/mol. The van der Waals surface area contributed by atoms with Crippen LogP contribution in [-0.2, 0) is 18.9 Å². The predicted octanol–water partition coefficient (Wildman–Crippen LogP) is 0.0431. The van der Waals surface area contributed by atoms with Gasteiger partial charge in [0, 0.05) is 12.6 Å². The van der Waals surface area contributed by atoms with Gasteiger partial charge in [0.15, 0.2) is 0 Å². The van der Waals surface area contributed by atoms with Crippen molar-refractivity contribution in [3.63, 3.8) is 0 Å². The van der Waals surface area contributed by atoms with E-state index >= 15 is 0 Å². The number of hydrogen-bond acceptors (Lipinski definition) is 6. The van der Waals surface area contributed by atoms with Crippen molar-refractivity contribution in [2.24, 2.45) is 0 Å². The van der Waals surface area contributed by atoms with Crippen LogP contribution in [0.3, 0.4) is 0 Å². The van der Waals surface area contributed by atoms with Crippen molar-refractivity contribution < 1.29 is 24.1 Å². The molecule has 0 amide bonds. The van der Waals surface area contributed by atoms with Crippen molar-refractivity contribution in [3.05, 3.63) is 0 Å². The quantitative estimate of drug-likeness (QED) is 0.413. The van der Waals surface area contributed by atoms with E-state index in [4.69, 9.17) is 24.1 Å². The first-order valence-corrected chi connectivity index (χ1v) is 6.92. The third-order valence-electron chi connectivity index (χ3n) is 2.15. The van der Waals surface area contributed by atoms with Crippen LogP contribution in [0.2, 0.25) is 0 Å². The van der Waals surface area contributed by atoms with E-state index in [1.165, 1.54) is 0 Å². The summed E-state index contributed by atoms with van der Waals surface area (Å²) in [6, 6.07) is 0.498. The highest BCUT2D eigenvalue weighted by atomic mass is 16.6. The molecule has 0 radical (unpaired) electrons. The number of rotatable bonds is 15. The second kappa shape index (κ2) is 15.8. The fourth-order valence-corrected chi connectivity index (χ4v) is 1.25. The van der Waals surface area contributed by atoms with E-state index in [-0.39, 0.29) is 6.61 Å². The van der Waals surface area contributed by atoms with Gasteiger partial charge in [-0.05, 0) is 0 Å². The maximum absolute atomic E-state index is 8.47. The molecule has 0 atom stereocenters. The van der Waals surface area contributed by atoms with Crippen LogP contribution in [0.15, 0.2) is 0 Å². The Morgan fingerprint density at radius 1 is 0.737 bits per heavy atom. The van der Waals surface area contributed by atoms with Gasteiger partial charge < -0.3 is 29.4 Å². The fraction of sp³-hybridized carbons (Fsp3) is 1.00. The maximum atomic E-state index is 8.47. The SMILES string of the molecule is CC(C)NCCOCCOCCOCCOCCO. The smallest absolute Gasteiger partial charge is 0.0701 e. The molecule has 0 saturated carbocycles. The van der Waals surface area contributed by atoms with Gasteiger partial charge in [-0.25, -0.2) is 0 Å². The summed E-state index contributed by atoms with van der Waals surface area (Å²) >= 11 is 0. The first-order chi connectivity index (χ1) is 9.27. The molecule has 0 aromatic carbocycles. The Kier molecular flexibility index (Phi) is 15.6. The van der Waals surface area contributed by atoms with Gasteiger partial charge in [0.1, 0.15) is 0 Å². The normalized spacial score (nSPS) is 11.4. The molecule has 0 aromatic heterocycles. The highest BCUT2D eigenvalue weighted by molar-refractivity contribution is 4.50. The van der Waals surface area contributed by atoms with Gasteiger partial charge in [-0.2, -0.15) is 0 Å².